The minimum atomic E-state index is -0.239. The number of likely N-dealkylation sites (N-methyl/N-ethyl adjacent to an activating group) is 1. The number of carbonyl (C=O) groups excluding carboxylic acids is 2. The van der Waals surface area contributed by atoms with Crippen LogP contribution >= 0.6 is 0 Å². The van der Waals surface area contributed by atoms with Gasteiger partial charge in [0, 0.05) is 25.8 Å². The molecule has 6 nitrogen and oxygen atoms in total. The van der Waals surface area contributed by atoms with Crippen LogP contribution in [0.4, 0.5) is 0 Å². The standard InChI is InChI=1S/C21H25N3O3/c1-13(2)19-18(21(27)22-3)10-15(20(26)23-16-7-8-16)12-24(19)11-14-5-4-6-17(25)9-14/h4-6,9-10,12,16,25H,7-8,11H2,1-3H3,(H,22,27)(H,23,26). The van der Waals surface area contributed by atoms with Crippen molar-refractivity contribution in [3.8, 4) is 5.75 Å². The van der Waals surface area contributed by atoms with Crippen molar-refractivity contribution in [1.82, 2.24) is 15.5 Å². The Morgan fingerprint density at radius 1 is 1.22 bits per heavy atom. The van der Waals surface area contributed by atoms with E-state index < -0.39 is 0 Å². The molecule has 0 unspecified atom stereocenters. The second-order valence-corrected chi connectivity index (χ2v) is 7.12. The molecule has 6 heteroatoms. The highest BCUT2D eigenvalue weighted by molar-refractivity contribution is 6.04. The Balaban J connectivity index is 1.99. The van der Waals surface area contributed by atoms with Gasteiger partial charge in [0.05, 0.1) is 16.8 Å². The largest absolute Gasteiger partial charge is 0.508 e. The Kier molecular flexibility index (Phi) is 5.35. The summed E-state index contributed by atoms with van der Waals surface area (Å²) in [5.41, 5.74) is 3.51. The van der Waals surface area contributed by atoms with E-state index in [2.05, 4.69) is 10.6 Å². The minimum Gasteiger partial charge on any atom is -0.508 e. The summed E-state index contributed by atoms with van der Waals surface area (Å²) in [6.07, 6.45) is 5.42. The Bertz CT molecular complexity index is 859. The van der Waals surface area contributed by atoms with E-state index in [1.165, 1.54) is 0 Å². The molecular weight excluding hydrogens is 342 g/mol. The molecule has 1 aromatic rings. The molecule has 1 aliphatic heterocycles. The molecule has 142 valence electrons. The summed E-state index contributed by atoms with van der Waals surface area (Å²) in [4.78, 5) is 27.0. The molecule has 1 saturated carbocycles. The molecule has 2 amide bonds. The van der Waals surface area contributed by atoms with Crippen molar-refractivity contribution in [3.63, 3.8) is 0 Å². The van der Waals surface area contributed by atoms with Crippen LogP contribution in [0, 0.1) is 0 Å². The van der Waals surface area contributed by atoms with Crippen molar-refractivity contribution in [2.24, 2.45) is 0 Å². The molecule has 2 aliphatic rings. The fourth-order valence-electron chi connectivity index (χ4n) is 3.11. The average Bonchev–Trinajstić information content (AvgIpc) is 3.44. The molecule has 0 saturated heterocycles. The van der Waals surface area contributed by atoms with E-state index in [1.54, 1.807) is 37.5 Å². The molecule has 0 aromatic heterocycles. The summed E-state index contributed by atoms with van der Waals surface area (Å²) in [5.74, 6) is -0.231. The summed E-state index contributed by atoms with van der Waals surface area (Å²) in [5, 5.41) is 15.4. The molecule has 3 rings (SSSR count). The van der Waals surface area contributed by atoms with Gasteiger partial charge in [-0.2, -0.15) is 0 Å². The van der Waals surface area contributed by atoms with Crippen LogP contribution in [0.3, 0.4) is 0 Å². The first-order chi connectivity index (χ1) is 12.9. The van der Waals surface area contributed by atoms with Crippen molar-refractivity contribution in [2.45, 2.75) is 39.3 Å². The number of allylic oxidation sites excluding steroid dienone is 1. The molecule has 27 heavy (non-hydrogen) atoms. The number of hydrogen-bond donors (Lipinski definition) is 3. The van der Waals surface area contributed by atoms with E-state index in [4.69, 9.17) is 0 Å². The summed E-state index contributed by atoms with van der Waals surface area (Å²) >= 11 is 0. The lowest BCUT2D eigenvalue weighted by Crippen LogP contribution is -2.34. The average molecular weight is 367 g/mol. The lowest BCUT2D eigenvalue weighted by molar-refractivity contribution is -0.117. The number of hydrogen-bond acceptors (Lipinski definition) is 4. The highest BCUT2D eigenvalue weighted by Crippen LogP contribution is 2.30. The molecule has 0 radical (unpaired) electrons. The number of phenols is 1. The van der Waals surface area contributed by atoms with Crippen LogP contribution in [-0.2, 0) is 16.1 Å². The SMILES string of the molecule is CNC(=O)C1=CC(C(=O)NC2CC2)=CN(Cc2cccc(O)c2)C1=C(C)C. The Labute approximate surface area is 159 Å². The number of aromatic hydroxyl groups is 1. The maximum atomic E-state index is 12.6. The van der Waals surface area contributed by atoms with Gasteiger partial charge in [0.15, 0.2) is 0 Å². The number of amides is 2. The van der Waals surface area contributed by atoms with E-state index in [9.17, 15) is 14.7 Å². The van der Waals surface area contributed by atoms with Gasteiger partial charge in [0.25, 0.3) is 11.8 Å². The van der Waals surface area contributed by atoms with Gasteiger partial charge >= 0.3 is 0 Å². The highest BCUT2D eigenvalue weighted by Gasteiger charge is 2.29. The summed E-state index contributed by atoms with van der Waals surface area (Å²) in [6, 6.07) is 7.20. The molecule has 1 heterocycles. The fraction of sp³-hybridized carbons (Fsp3) is 0.333. The smallest absolute Gasteiger partial charge is 0.253 e. The van der Waals surface area contributed by atoms with E-state index in [0.29, 0.717) is 17.7 Å². The van der Waals surface area contributed by atoms with Gasteiger partial charge in [0.2, 0.25) is 0 Å². The second-order valence-electron chi connectivity index (χ2n) is 7.12. The molecule has 0 atom stereocenters. The predicted octanol–water partition coefficient (Wildman–Crippen LogP) is 2.34. The number of carbonyl (C=O) groups is 2. The molecule has 3 N–H and O–H groups in total. The minimum absolute atomic E-state index is 0.174. The second kappa shape index (κ2) is 7.70. The fourth-order valence-corrected chi connectivity index (χ4v) is 3.11. The molecule has 1 aliphatic carbocycles. The van der Waals surface area contributed by atoms with E-state index >= 15 is 0 Å². The van der Waals surface area contributed by atoms with Crippen molar-refractivity contribution >= 4 is 11.8 Å². The lowest BCUT2D eigenvalue weighted by Gasteiger charge is -2.31. The van der Waals surface area contributed by atoms with E-state index in [1.807, 2.05) is 24.8 Å². The van der Waals surface area contributed by atoms with Gasteiger partial charge in [-0.3, -0.25) is 9.59 Å². The third kappa shape index (κ3) is 4.39. The van der Waals surface area contributed by atoms with Crippen molar-refractivity contribution in [1.29, 1.82) is 0 Å². The maximum absolute atomic E-state index is 12.6. The van der Waals surface area contributed by atoms with Crippen LogP contribution in [0.2, 0.25) is 0 Å². The topological polar surface area (TPSA) is 81.7 Å². The number of rotatable bonds is 5. The summed E-state index contributed by atoms with van der Waals surface area (Å²) in [6.45, 7) is 4.30. The van der Waals surface area contributed by atoms with Gasteiger partial charge in [-0.05, 0) is 50.5 Å². The van der Waals surface area contributed by atoms with Crippen molar-refractivity contribution in [3.05, 3.63) is 64.5 Å². The van der Waals surface area contributed by atoms with Crippen LogP contribution in [-0.4, -0.2) is 34.9 Å². The van der Waals surface area contributed by atoms with Gasteiger partial charge in [-0.15, -0.1) is 0 Å². The number of nitrogens with one attached hydrogen (secondary N) is 2. The molecule has 1 aromatic carbocycles. The quantitative estimate of drug-likeness (QED) is 0.746. The monoisotopic (exact) mass is 367 g/mol. The Hall–Kier alpha value is -3.02. The lowest BCUT2D eigenvalue weighted by atomic mass is 9.98. The molecule has 1 fully saturated rings. The van der Waals surface area contributed by atoms with Crippen molar-refractivity contribution in [2.75, 3.05) is 7.05 Å². The highest BCUT2D eigenvalue weighted by atomic mass is 16.3. The van der Waals surface area contributed by atoms with Gasteiger partial charge in [-0.25, -0.2) is 0 Å². The zero-order chi connectivity index (χ0) is 19.6. The predicted molar refractivity (Wildman–Crippen MR) is 103 cm³/mol. The van der Waals surface area contributed by atoms with Crippen molar-refractivity contribution < 1.29 is 14.7 Å². The first kappa shape index (κ1) is 18.8. The first-order valence-electron chi connectivity index (χ1n) is 9.08. The number of phenolic OH excluding ortho intramolecular Hbond substituents is 1. The third-order valence-corrected chi connectivity index (χ3v) is 4.52. The van der Waals surface area contributed by atoms with Crippen LogP contribution in [0.25, 0.3) is 0 Å². The van der Waals surface area contributed by atoms with Crippen LogP contribution in [0.5, 0.6) is 5.75 Å². The number of nitrogens with zero attached hydrogens (tertiary/aromatic N) is 1. The first-order valence-corrected chi connectivity index (χ1v) is 9.08. The summed E-state index contributed by atoms with van der Waals surface area (Å²) < 4.78 is 0. The molecule has 0 bridgehead atoms. The van der Waals surface area contributed by atoms with Crippen LogP contribution in [0.1, 0.15) is 32.3 Å². The normalized spacial score (nSPS) is 16.4. The molecule has 0 spiro atoms. The van der Waals surface area contributed by atoms with E-state index in [0.717, 1.165) is 29.7 Å². The van der Waals surface area contributed by atoms with Crippen LogP contribution in [0.15, 0.2) is 59.0 Å². The third-order valence-electron chi connectivity index (χ3n) is 4.52. The zero-order valence-corrected chi connectivity index (χ0v) is 15.9. The maximum Gasteiger partial charge on any atom is 0.253 e. The number of benzene rings is 1. The molecular formula is C21H25N3O3. The Morgan fingerprint density at radius 2 is 1.96 bits per heavy atom. The van der Waals surface area contributed by atoms with E-state index in [-0.39, 0.29) is 23.6 Å². The van der Waals surface area contributed by atoms with Gasteiger partial charge in [-0.1, -0.05) is 17.7 Å². The van der Waals surface area contributed by atoms with Gasteiger partial charge < -0.3 is 20.6 Å². The summed E-state index contributed by atoms with van der Waals surface area (Å²) in [7, 11) is 1.58. The van der Waals surface area contributed by atoms with Gasteiger partial charge in [0.1, 0.15) is 5.75 Å². The Morgan fingerprint density at radius 3 is 2.56 bits per heavy atom. The zero-order valence-electron chi connectivity index (χ0n) is 15.9. The van der Waals surface area contributed by atoms with Crippen LogP contribution < -0.4 is 10.6 Å².